The van der Waals surface area contributed by atoms with Crippen LogP contribution < -0.4 is 15.2 Å². The molecule has 0 aliphatic heterocycles. The first kappa shape index (κ1) is 13.5. The summed E-state index contributed by atoms with van der Waals surface area (Å²) in [5.74, 6) is 1.56. The maximum absolute atomic E-state index is 5.65. The average Bonchev–Trinajstić information content (AvgIpc) is 2.31. The van der Waals surface area contributed by atoms with Crippen LogP contribution in [0.4, 0.5) is 0 Å². The molecular weight excluding hydrogens is 321 g/mol. The van der Waals surface area contributed by atoms with E-state index in [1.54, 1.807) is 21.3 Å². The minimum Gasteiger partial charge on any atom is -0.496 e. The molecule has 0 spiro atoms. The second-order valence-electron chi connectivity index (χ2n) is 3.19. The number of ether oxygens (including phenoxy) is 3. The first-order valence-corrected chi connectivity index (χ1v) is 5.90. The smallest absolute Gasteiger partial charge is 0.132 e. The van der Waals surface area contributed by atoms with Crippen molar-refractivity contribution in [2.75, 3.05) is 27.9 Å². The van der Waals surface area contributed by atoms with Gasteiger partial charge in [-0.25, -0.2) is 0 Å². The van der Waals surface area contributed by atoms with Crippen LogP contribution in [0.25, 0.3) is 0 Å². The van der Waals surface area contributed by atoms with Crippen LogP contribution in [0.2, 0.25) is 0 Å². The Bertz CT molecular complexity index is 353. The van der Waals surface area contributed by atoms with E-state index in [0.29, 0.717) is 6.54 Å². The molecule has 1 rings (SSSR count). The van der Waals surface area contributed by atoms with Crippen LogP contribution in [0.15, 0.2) is 12.1 Å². The van der Waals surface area contributed by atoms with Crippen LogP contribution in [0, 0.1) is 3.57 Å². The molecule has 4 nitrogen and oxygen atoms in total. The summed E-state index contributed by atoms with van der Waals surface area (Å²) in [6.45, 7) is 0.399. The van der Waals surface area contributed by atoms with E-state index in [9.17, 15) is 0 Å². The normalized spacial score (nSPS) is 12.3. The third kappa shape index (κ3) is 2.78. The second kappa shape index (κ2) is 6.27. The topological polar surface area (TPSA) is 53.7 Å². The first-order valence-electron chi connectivity index (χ1n) is 4.82. The maximum atomic E-state index is 5.65. The van der Waals surface area contributed by atoms with Gasteiger partial charge in [0.1, 0.15) is 11.5 Å². The largest absolute Gasteiger partial charge is 0.496 e. The van der Waals surface area contributed by atoms with Crippen LogP contribution in [0.1, 0.15) is 11.7 Å². The molecule has 0 aliphatic carbocycles. The van der Waals surface area contributed by atoms with Crippen LogP contribution in [-0.4, -0.2) is 27.9 Å². The van der Waals surface area contributed by atoms with Crippen LogP contribution in [0.3, 0.4) is 0 Å². The Hall–Kier alpha value is -0.530. The lowest BCUT2D eigenvalue weighted by atomic mass is 10.1. The third-order valence-electron chi connectivity index (χ3n) is 2.35. The van der Waals surface area contributed by atoms with E-state index in [1.807, 2.05) is 12.1 Å². The lowest BCUT2D eigenvalue weighted by Gasteiger charge is -2.18. The zero-order valence-corrected chi connectivity index (χ0v) is 11.8. The summed E-state index contributed by atoms with van der Waals surface area (Å²) in [7, 11) is 4.89. The van der Waals surface area contributed by atoms with Gasteiger partial charge in [-0.15, -0.1) is 0 Å². The number of hydrogen-bond donors (Lipinski definition) is 1. The summed E-state index contributed by atoms with van der Waals surface area (Å²) in [6.07, 6.45) is -0.180. The Labute approximate surface area is 109 Å². The average molecular weight is 337 g/mol. The molecule has 1 atom stereocenters. The van der Waals surface area contributed by atoms with Gasteiger partial charge in [-0.2, -0.15) is 0 Å². The summed E-state index contributed by atoms with van der Waals surface area (Å²) >= 11 is 2.20. The molecule has 1 unspecified atom stereocenters. The van der Waals surface area contributed by atoms with E-state index < -0.39 is 0 Å². The molecule has 1 aromatic rings. The van der Waals surface area contributed by atoms with E-state index in [0.717, 1.165) is 20.6 Å². The third-order valence-corrected chi connectivity index (χ3v) is 3.19. The molecule has 0 bridgehead atoms. The molecule has 0 fully saturated rings. The molecule has 5 heteroatoms. The number of hydrogen-bond acceptors (Lipinski definition) is 4. The zero-order chi connectivity index (χ0) is 12.1. The highest BCUT2D eigenvalue weighted by atomic mass is 127. The second-order valence-corrected chi connectivity index (χ2v) is 4.35. The summed E-state index contributed by atoms with van der Waals surface area (Å²) < 4.78 is 16.9. The Kier molecular flexibility index (Phi) is 5.30. The number of methoxy groups -OCH3 is 3. The van der Waals surface area contributed by atoms with Gasteiger partial charge in [0.25, 0.3) is 0 Å². The lowest BCUT2D eigenvalue weighted by molar-refractivity contribution is 0.108. The van der Waals surface area contributed by atoms with E-state index in [2.05, 4.69) is 22.6 Å². The molecule has 0 saturated heterocycles. The van der Waals surface area contributed by atoms with Gasteiger partial charge in [0.15, 0.2) is 0 Å². The standard InChI is InChI=1S/C11H16INO3/c1-14-9-5-8(12)10(15-2)4-7(9)11(6-13)16-3/h4-5,11H,6,13H2,1-3H3. The van der Waals surface area contributed by atoms with E-state index in [1.165, 1.54) is 0 Å². The Morgan fingerprint density at radius 3 is 2.25 bits per heavy atom. The molecule has 0 heterocycles. The van der Waals surface area contributed by atoms with Crippen LogP contribution >= 0.6 is 22.6 Å². The molecule has 0 aromatic heterocycles. The summed E-state index contributed by atoms with van der Waals surface area (Å²) in [4.78, 5) is 0. The Morgan fingerprint density at radius 2 is 1.81 bits per heavy atom. The maximum Gasteiger partial charge on any atom is 0.132 e. The number of halogens is 1. The predicted molar refractivity (Wildman–Crippen MR) is 71.1 cm³/mol. The predicted octanol–water partition coefficient (Wildman–Crippen LogP) is 1.95. The van der Waals surface area contributed by atoms with Gasteiger partial charge in [-0.05, 0) is 34.7 Å². The molecule has 0 aliphatic rings. The summed E-state index contributed by atoms with van der Waals surface area (Å²) in [5, 5.41) is 0. The molecule has 90 valence electrons. The highest BCUT2D eigenvalue weighted by Gasteiger charge is 2.17. The molecule has 2 N–H and O–H groups in total. The lowest BCUT2D eigenvalue weighted by Crippen LogP contribution is -2.15. The first-order chi connectivity index (χ1) is 7.67. The molecule has 16 heavy (non-hydrogen) atoms. The van der Waals surface area contributed by atoms with Gasteiger partial charge in [-0.1, -0.05) is 0 Å². The number of rotatable bonds is 5. The molecule has 0 amide bonds. The van der Waals surface area contributed by atoms with Gasteiger partial charge in [0.2, 0.25) is 0 Å². The van der Waals surface area contributed by atoms with Crippen molar-refractivity contribution in [3.8, 4) is 11.5 Å². The minimum atomic E-state index is -0.180. The van der Waals surface area contributed by atoms with Crippen molar-refractivity contribution in [3.63, 3.8) is 0 Å². The van der Waals surface area contributed by atoms with E-state index in [-0.39, 0.29) is 6.10 Å². The van der Waals surface area contributed by atoms with Crippen molar-refractivity contribution in [1.29, 1.82) is 0 Å². The van der Waals surface area contributed by atoms with Crippen molar-refractivity contribution in [2.45, 2.75) is 6.10 Å². The van der Waals surface area contributed by atoms with Gasteiger partial charge in [-0.3, -0.25) is 0 Å². The van der Waals surface area contributed by atoms with Gasteiger partial charge >= 0.3 is 0 Å². The van der Waals surface area contributed by atoms with Crippen molar-refractivity contribution < 1.29 is 14.2 Å². The molecule has 1 aromatic carbocycles. The SMILES string of the molecule is COc1cc(C(CN)OC)c(OC)cc1I. The quantitative estimate of drug-likeness (QED) is 0.835. The highest BCUT2D eigenvalue weighted by Crippen LogP contribution is 2.34. The van der Waals surface area contributed by atoms with Crippen molar-refractivity contribution >= 4 is 22.6 Å². The zero-order valence-electron chi connectivity index (χ0n) is 9.62. The van der Waals surface area contributed by atoms with Crippen molar-refractivity contribution in [1.82, 2.24) is 0 Å². The molecule has 0 saturated carbocycles. The molecule has 0 radical (unpaired) electrons. The summed E-state index contributed by atoms with van der Waals surface area (Å²) in [5.41, 5.74) is 6.55. The minimum absolute atomic E-state index is 0.180. The van der Waals surface area contributed by atoms with Gasteiger partial charge in [0, 0.05) is 19.2 Å². The Morgan fingerprint density at radius 1 is 1.19 bits per heavy atom. The van der Waals surface area contributed by atoms with Crippen molar-refractivity contribution in [3.05, 3.63) is 21.3 Å². The fourth-order valence-corrected chi connectivity index (χ4v) is 2.14. The number of benzene rings is 1. The Balaban J connectivity index is 3.23. The van der Waals surface area contributed by atoms with E-state index >= 15 is 0 Å². The fourth-order valence-electron chi connectivity index (χ4n) is 1.49. The van der Waals surface area contributed by atoms with E-state index in [4.69, 9.17) is 19.9 Å². The van der Waals surface area contributed by atoms with Gasteiger partial charge < -0.3 is 19.9 Å². The fraction of sp³-hybridized carbons (Fsp3) is 0.455. The monoisotopic (exact) mass is 337 g/mol. The summed E-state index contributed by atoms with van der Waals surface area (Å²) in [6, 6.07) is 3.82. The number of nitrogens with two attached hydrogens (primary N) is 1. The van der Waals surface area contributed by atoms with Gasteiger partial charge in [0.05, 0.1) is 23.9 Å². The van der Waals surface area contributed by atoms with Crippen LogP contribution in [-0.2, 0) is 4.74 Å². The molecular formula is C11H16INO3. The van der Waals surface area contributed by atoms with Crippen molar-refractivity contribution in [2.24, 2.45) is 5.73 Å². The highest BCUT2D eigenvalue weighted by molar-refractivity contribution is 14.1. The van der Waals surface area contributed by atoms with Crippen LogP contribution in [0.5, 0.6) is 11.5 Å².